The van der Waals surface area contributed by atoms with Gasteiger partial charge in [-0.1, -0.05) is 6.42 Å². The summed E-state index contributed by atoms with van der Waals surface area (Å²) in [6, 6.07) is 4.82. The quantitative estimate of drug-likeness (QED) is 0.611. The van der Waals surface area contributed by atoms with E-state index in [2.05, 4.69) is 10.3 Å². The normalized spacial score (nSPS) is 18.6. The molecule has 3 aromatic rings. The van der Waals surface area contributed by atoms with Crippen molar-refractivity contribution >= 4 is 32.5 Å². The Kier molecular flexibility index (Phi) is 4.91. The number of fused-ring (bicyclic) bond motifs is 2. The van der Waals surface area contributed by atoms with E-state index in [0.29, 0.717) is 46.6 Å². The number of rotatable bonds is 3. The zero-order chi connectivity index (χ0) is 23.5. The van der Waals surface area contributed by atoms with Crippen LogP contribution in [-0.4, -0.2) is 46.9 Å². The fourth-order valence-electron chi connectivity index (χ4n) is 4.47. The molecule has 33 heavy (non-hydrogen) atoms. The molecule has 0 aliphatic carbocycles. The van der Waals surface area contributed by atoms with Crippen molar-refractivity contribution in [3.05, 3.63) is 40.9 Å². The molecule has 0 saturated carbocycles. The maximum Gasteiger partial charge on any atom is 0.274 e. The summed E-state index contributed by atoms with van der Waals surface area (Å²) < 4.78 is 36.1. The van der Waals surface area contributed by atoms with Gasteiger partial charge in [-0.25, -0.2) is 8.42 Å². The highest BCUT2D eigenvalue weighted by molar-refractivity contribution is 7.89. The second-order valence-electron chi connectivity index (χ2n) is 9.10. The van der Waals surface area contributed by atoms with Crippen LogP contribution in [0, 0.1) is 0 Å². The van der Waals surface area contributed by atoms with Crippen LogP contribution in [-0.2, 0) is 21.9 Å². The Balaban J connectivity index is 1.79. The van der Waals surface area contributed by atoms with Gasteiger partial charge in [0.1, 0.15) is 5.52 Å². The first kappa shape index (κ1) is 21.7. The van der Waals surface area contributed by atoms with Crippen molar-refractivity contribution in [2.75, 3.05) is 18.4 Å². The van der Waals surface area contributed by atoms with E-state index < -0.39 is 15.6 Å². The number of aromatic nitrogens is 2. The molecular formula is C23H26N4O5S. The average molecular weight is 471 g/mol. The Bertz CT molecular complexity index is 1450. The van der Waals surface area contributed by atoms with Crippen molar-refractivity contribution in [1.29, 1.82) is 0 Å². The molecule has 0 radical (unpaired) electrons. The van der Waals surface area contributed by atoms with Gasteiger partial charge >= 0.3 is 0 Å². The van der Waals surface area contributed by atoms with Crippen molar-refractivity contribution < 1.29 is 17.9 Å². The first-order valence-corrected chi connectivity index (χ1v) is 12.4. The molecule has 174 valence electrons. The third-order valence-corrected chi connectivity index (χ3v) is 8.23. The number of aromatic amines is 1. The molecule has 10 heteroatoms. The van der Waals surface area contributed by atoms with Crippen LogP contribution in [0.4, 0.5) is 5.69 Å². The standard InChI is InChI=1S/C23H26N4O5S/c1-23(2)22(29)25-18-12-14(33(30,31)27-9-5-4-6-10-27)11-16(20(18)32-23)17-13-26(3)21(28)19-15(17)7-8-24-19/h7-8,11-13,24H,4-6,9-10H2,1-3H3,(H,25,29). The molecule has 0 spiro atoms. The van der Waals surface area contributed by atoms with Crippen LogP contribution in [0.25, 0.3) is 22.0 Å². The number of pyridine rings is 1. The lowest BCUT2D eigenvalue weighted by molar-refractivity contribution is -0.129. The van der Waals surface area contributed by atoms with Crippen molar-refractivity contribution in [3.63, 3.8) is 0 Å². The molecule has 2 aliphatic heterocycles. The summed E-state index contributed by atoms with van der Waals surface area (Å²) in [5.41, 5.74) is 0.493. The molecule has 1 aromatic carbocycles. The van der Waals surface area contributed by atoms with Gasteiger partial charge in [0, 0.05) is 49.0 Å². The third kappa shape index (κ3) is 3.44. The van der Waals surface area contributed by atoms with Crippen LogP contribution < -0.4 is 15.6 Å². The molecular weight excluding hydrogens is 444 g/mol. The molecule has 0 atom stereocenters. The Morgan fingerprint density at radius 2 is 1.79 bits per heavy atom. The van der Waals surface area contributed by atoms with E-state index in [9.17, 15) is 18.0 Å². The Morgan fingerprint density at radius 3 is 2.52 bits per heavy atom. The molecule has 0 unspecified atom stereocenters. The van der Waals surface area contributed by atoms with Crippen LogP contribution in [0.3, 0.4) is 0 Å². The Morgan fingerprint density at radius 1 is 1.06 bits per heavy atom. The van der Waals surface area contributed by atoms with E-state index >= 15 is 0 Å². The van der Waals surface area contributed by atoms with E-state index in [1.165, 1.54) is 14.9 Å². The molecule has 4 heterocycles. The number of nitrogens with zero attached hydrogens (tertiary/aromatic N) is 2. The molecule has 1 amide bonds. The molecule has 2 N–H and O–H groups in total. The largest absolute Gasteiger partial charge is 0.475 e. The second kappa shape index (κ2) is 7.46. The van der Waals surface area contributed by atoms with Crippen LogP contribution in [0.5, 0.6) is 5.75 Å². The molecule has 5 rings (SSSR count). The van der Waals surface area contributed by atoms with Gasteiger partial charge in [0.25, 0.3) is 11.5 Å². The fourth-order valence-corrected chi connectivity index (χ4v) is 6.04. The van der Waals surface area contributed by atoms with Gasteiger partial charge in [0.05, 0.1) is 10.6 Å². The summed E-state index contributed by atoms with van der Waals surface area (Å²) in [5.74, 6) is 0.0130. The number of carbonyl (C=O) groups excluding carboxylic acids is 1. The van der Waals surface area contributed by atoms with Crippen molar-refractivity contribution in [3.8, 4) is 16.9 Å². The van der Waals surface area contributed by atoms with Gasteiger partial charge in [-0.3, -0.25) is 9.59 Å². The molecule has 9 nitrogen and oxygen atoms in total. The van der Waals surface area contributed by atoms with Gasteiger partial charge in [-0.2, -0.15) is 4.31 Å². The number of amides is 1. The molecule has 0 bridgehead atoms. The SMILES string of the molecule is Cn1cc(-c2cc(S(=O)(=O)N3CCCCC3)cc3c2OC(C)(C)C(=O)N3)c2cc[nH]c2c1=O. The number of piperidine rings is 1. The number of anilines is 1. The van der Waals surface area contributed by atoms with Crippen LogP contribution >= 0.6 is 0 Å². The number of aryl methyl sites for hydroxylation is 1. The van der Waals surface area contributed by atoms with Gasteiger partial charge < -0.3 is 19.6 Å². The lowest BCUT2D eigenvalue weighted by Gasteiger charge is -2.34. The number of H-pyrrole nitrogens is 1. The summed E-state index contributed by atoms with van der Waals surface area (Å²) in [6.07, 6.45) is 5.97. The number of nitrogens with one attached hydrogen (secondary N) is 2. The molecule has 2 aliphatic rings. The van der Waals surface area contributed by atoms with E-state index in [4.69, 9.17) is 4.74 Å². The number of sulfonamides is 1. The zero-order valence-electron chi connectivity index (χ0n) is 18.8. The highest BCUT2D eigenvalue weighted by atomic mass is 32.2. The van der Waals surface area contributed by atoms with Crippen molar-refractivity contribution in [2.24, 2.45) is 7.05 Å². The lowest BCUT2D eigenvalue weighted by atomic mass is 9.98. The van der Waals surface area contributed by atoms with Gasteiger partial charge in [-0.15, -0.1) is 0 Å². The summed E-state index contributed by atoms with van der Waals surface area (Å²) in [5, 5.41) is 3.46. The van der Waals surface area contributed by atoms with Crippen LogP contribution in [0.15, 0.2) is 40.3 Å². The van der Waals surface area contributed by atoms with Crippen molar-refractivity contribution in [2.45, 2.75) is 43.6 Å². The number of hydrogen-bond donors (Lipinski definition) is 2. The van der Waals surface area contributed by atoms with Gasteiger partial charge in [-0.05, 0) is 44.9 Å². The third-order valence-electron chi connectivity index (χ3n) is 6.35. The Labute approximate surface area is 191 Å². The molecule has 2 aromatic heterocycles. The summed E-state index contributed by atoms with van der Waals surface area (Å²) in [4.78, 5) is 28.2. The van der Waals surface area contributed by atoms with Gasteiger partial charge in [0.2, 0.25) is 10.0 Å². The Hall–Kier alpha value is -3.11. The predicted molar refractivity (Wildman–Crippen MR) is 125 cm³/mol. The first-order valence-electron chi connectivity index (χ1n) is 11.0. The highest BCUT2D eigenvalue weighted by Crippen LogP contribution is 2.45. The van der Waals surface area contributed by atoms with Gasteiger partial charge in [0.15, 0.2) is 11.4 Å². The van der Waals surface area contributed by atoms with E-state index in [1.54, 1.807) is 45.4 Å². The minimum Gasteiger partial charge on any atom is -0.475 e. The topological polar surface area (TPSA) is 114 Å². The summed E-state index contributed by atoms with van der Waals surface area (Å²) >= 11 is 0. The molecule has 1 saturated heterocycles. The molecule has 1 fully saturated rings. The van der Waals surface area contributed by atoms with E-state index in [1.807, 2.05) is 0 Å². The van der Waals surface area contributed by atoms with E-state index in [-0.39, 0.29) is 16.4 Å². The monoisotopic (exact) mass is 470 g/mol. The summed E-state index contributed by atoms with van der Waals surface area (Å²) in [7, 11) is -2.14. The zero-order valence-corrected chi connectivity index (χ0v) is 19.6. The second-order valence-corrected chi connectivity index (χ2v) is 11.0. The number of ether oxygens (including phenoxy) is 1. The highest BCUT2D eigenvalue weighted by Gasteiger charge is 2.38. The summed E-state index contributed by atoms with van der Waals surface area (Å²) in [6.45, 7) is 4.24. The predicted octanol–water partition coefficient (Wildman–Crippen LogP) is 2.82. The maximum atomic E-state index is 13.5. The minimum absolute atomic E-state index is 0.0827. The fraction of sp³-hybridized carbons (Fsp3) is 0.391. The van der Waals surface area contributed by atoms with Crippen LogP contribution in [0.2, 0.25) is 0 Å². The maximum absolute atomic E-state index is 13.5. The van der Waals surface area contributed by atoms with E-state index in [0.717, 1.165) is 19.3 Å². The lowest BCUT2D eigenvalue weighted by Crippen LogP contribution is -2.46. The average Bonchev–Trinajstić information content (AvgIpc) is 3.27. The minimum atomic E-state index is -3.78. The van der Waals surface area contributed by atoms with Crippen molar-refractivity contribution in [1.82, 2.24) is 13.9 Å². The first-order chi connectivity index (χ1) is 15.6. The number of benzene rings is 1. The van der Waals surface area contributed by atoms with Crippen LogP contribution in [0.1, 0.15) is 33.1 Å². The number of hydrogen-bond acceptors (Lipinski definition) is 5. The smallest absolute Gasteiger partial charge is 0.274 e. The number of carbonyl (C=O) groups is 1.